The molecule has 1 unspecified atom stereocenters. The normalized spacial score (nSPS) is 25.3. The third-order valence-corrected chi connectivity index (χ3v) is 5.25. The van der Waals surface area contributed by atoms with Gasteiger partial charge in [0.2, 0.25) is 0 Å². The highest BCUT2D eigenvalue weighted by atomic mass is 16.6. The van der Waals surface area contributed by atoms with Gasteiger partial charge in [-0.1, -0.05) is 44.0 Å². The second-order valence-corrected chi connectivity index (χ2v) is 7.24. The second kappa shape index (κ2) is 8.98. The minimum Gasteiger partial charge on any atom is -0.462 e. The summed E-state index contributed by atoms with van der Waals surface area (Å²) < 4.78 is 11.1. The maximum atomic E-state index is 12.4. The fourth-order valence-corrected chi connectivity index (χ4v) is 3.82. The number of hydrogen-bond donors (Lipinski definition) is 0. The zero-order chi connectivity index (χ0) is 19.2. The van der Waals surface area contributed by atoms with Crippen molar-refractivity contribution in [3.63, 3.8) is 0 Å². The van der Waals surface area contributed by atoms with Crippen molar-refractivity contribution in [2.75, 3.05) is 0 Å². The summed E-state index contributed by atoms with van der Waals surface area (Å²) in [5.41, 5.74) is 1.35. The van der Waals surface area contributed by atoms with Crippen LogP contribution in [0.4, 0.5) is 0 Å². The van der Waals surface area contributed by atoms with E-state index in [-0.39, 0.29) is 23.8 Å². The monoisotopic (exact) mass is 370 g/mol. The maximum Gasteiger partial charge on any atom is 0.338 e. The number of ether oxygens (including phenoxy) is 2. The van der Waals surface area contributed by atoms with E-state index < -0.39 is 12.1 Å². The summed E-state index contributed by atoms with van der Waals surface area (Å²) in [5, 5.41) is 0. The molecule has 0 radical (unpaired) electrons. The molecular weight excluding hydrogens is 344 g/mol. The molecule has 0 N–H and O–H groups in total. The number of esters is 2. The first-order valence-electron chi connectivity index (χ1n) is 9.75. The van der Waals surface area contributed by atoms with Crippen molar-refractivity contribution in [2.24, 2.45) is 5.92 Å². The highest BCUT2D eigenvalue weighted by Gasteiger charge is 2.48. The summed E-state index contributed by atoms with van der Waals surface area (Å²) in [5.74, 6) is -0.530. The Kier molecular flexibility index (Phi) is 6.43. The van der Waals surface area contributed by atoms with Gasteiger partial charge in [-0.15, -0.1) is 0 Å². The van der Waals surface area contributed by atoms with Crippen LogP contribution in [0.1, 0.15) is 62.2 Å². The Morgan fingerprint density at radius 2 is 2.00 bits per heavy atom. The number of allylic oxidation sites excluding steroid dienone is 1. The van der Waals surface area contributed by atoms with Gasteiger partial charge in [-0.2, -0.15) is 0 Å². The predicted molar refractivity (Wildman–Crippen MR) is 100 cm³/mol. The molecule has 5 nitrogen and oxygen atoms in total. The summed E-state index contributed by atoms with van der Waals surface area (Å²) in [7, 11) is 0. The Bertz CT molecular complexity index is 721. The van der Waals surface area contributed by atoms with E-state index in [4.69, 9.17) is 9.47 Å². The van der Waals surface area contributed by atoms with Gasteiger partial charge in [0.15, 0.2) is 0 Å². The molecule has 2 aliphatic rings. The lowest BCUT2D eigenvalue weighted by Gasteiger charge is -2.16. The lowest BCUT2D eigenvalue weighted by atomic mass is 9.96. The molecule has 1 aliphatic heterocycles. The summed E-state index contributed by atoms with van der Waals surface area (Å²) in [4.78, 5) is 36.2. The van der Waals surface area contributed by atoms with Crippen LogP contribution in [0.5, 0.6) is 0 Å². The number of carbonyl (C=O) groups excluding carboxylic acids is 3. The van der Waals surface area contributed by atoms with Crippen molar-refractivity contribution < 1.29 is 23.9 Å². The molecule has 0 bridgehead atoms. The Hall–Kier alpha value is -2.43. The summed E-state index contributed by atoms with van der Waals surface area (Å²) in [6, 6.07) is 8.82. The Morgan fingerprint density at radius 3 is 2.74 bits per heavy atom. The smallest absolute Gasteiger partial charge is 0.338 e. The number of rotatable bonds is 8. The number of fused-ring (bicyclic) bond motifs is 1. The topological polar surface area (TPSA) is 69.7 Å². The minimum absolute atomic E-state index is 0.0884. The van der Waals surface area contributed by atoms with Crippen LogP contribution in [-0.2, 0) is 19.1 Å². The van der Waals surface area contributed by atoms with Gasteiger partial charge in [0, 0.05) is 25.2 Å². The molecular formula is C22H26O5. The summed E-state index contributed by atoms with van der Waals surface area (Å²) in [6.07, 6.45) is 5.83. The third kappa shape index (κ3) is 4.85. The van der Waals surface area contributed by atoms with Crippen molar-refractivity contribution in [1.82, 2.24) is 0 Å². The van der Waals surface area contributed by atoms with E-state index in [1.54, 1.807) is 24.3 Å². The molecule has 0 aromatic heterocycles. The van der Waals surface area contributed by atoms with E-state index >= 15 is 0 Å². The van der Waals surface area contributed by atoms with Crippen LogP contribution >= 0.6 is 0 Å². The van der Waals surface area contributed by atoms with Crippen LogP contribution in [-0.4, -0.2) is 29.9 Å². The largest absolute Gasteiger partial charge is 0.462 e. The highest BCUT2D eigenvalue weighted by Crippen LogP contribution is 2.42. The maximum absolute atomic E-state index is 12.4. The SMILES string of the molecule is CCCCCC(=O)CC=C1[C@H]2CC(=O)OC2C[C@H]1OC(=O)c1ccccc1. The number of ketones is 1. The van der Waals surface area contributed by atoms with Crippen molar-refractivity contribution >= 4 is 17.7 Å². The van der Waals surface area contributed by atoms with Gasteiger partial charge < -0.3 is 9.47 Å². The van der Waals surface area contributed by atoms with Gasteiger partial charge >= 0.3 is 11.9 Å². The molecule has 1 aromatic carbocycles. The molecule has 1 aliphatic carbocycles. The molecule has 0 amide bonds. The van der Waals surface area contributed by atoms with Gasteiger partial charge in [0.1, 0.15) is 18.0 Å². The van der Waals surface area contributed by atoms with Gasteiger partial charge in [-0.3, -0.25) is 9.59 Å². The number of Topliss-reactive ketones (excluding diaryl/α,β-unsaturated/α-hetero) is 1. The molecule has 3 atom stereocenters. The molecule has 27 heavy (non-hydrogen) atoms. The standard InChI is InChI=1S/C22H26O5/c1-2-3-5-10-16(23)11-12-17-18-13-21(24)26-20(18)14-19(17)27-22(25)15-8-6-4-7-9-15/h4,6-9,12,18-20H,2-3,5,10-11,13-14H2,1H3/t18-,19-,20?/m1/s1. The fourth-order valence-electron chi connectivity index (χ4n) is 3.82. The average molecular weight is 370 g/mol. The van der Waals surface area contributed by atoms with Crippen LogP contribution in [0.15, 0.2) is 42.0 Å². The molecule has 1 aromatic rings. The lowest BCUT2D eigenvalue weighted by Crippen LogP contribution is -2.19. The fraction of sp³-hybridized carbons (Fsp3) is 0.500. The molecule has 144 valence electrons. The van der Waals surface area contributed by atoms with E-state index in [0.29, 0.717) is 31.2 Å². The minimum atomic E-state index is -0.441. The average Bonchev–Trinajstić information content (AvgIpc) is 3.16. The van der Waals surface area contributed by atoms with Gasteiger partial charge in [0.25, 0.3) is 0 Å². The van der Waals surface area contributed by atoms with E-state index in [2.05, 4.69) is 6.92 Å². The number of carbonyl (C=O) groups is 3. The van der Waals surface area contributed by atoms with Gasteiger partial charge in [-0.25, -0.2) is 4.79 Å². The summed E-state index contributed by atoms with van der Waals surface area (Å²) in [6.45, 7) is 2.11. The molecule has 5 heteroatoms. The van der Waals surface area contributed by atoms with Crippen LogP contribution in [0, 0.1) is 5.92 Å². The first kappa shape index (κ1) is 19.3. The molecule has 1 saturated heterocycles. The number of hydrogen-bond acceptors (Lipinski definition) is 5. The summed E-state index contributed by atoms with van der Waals surface area (Å²) >= 11 is 0. The van der Waals surface area contributed by atoms with E-state index in [9.17, 15) is 14.4 Å². The predicted octanol–water partition coefficient (Wildman–Crippen LogP) is 4.01. The second-order valence-electron chi connectivity index (χ2n) is 7.24. The lowest BCUT2D eigenvalue weighted by molar-refractivity contribution is -0.141. The number of unbranched alkanes of at least 4 members (excludes halogenated alkanes) is 2. The van der Waals surface area contributed by atoms with Gasteiger partial charge in [0.05, 0.1) is 12.0 Å². The van der Waals surface area contributed by atoms with Crippen LogP contribution in [0.25, 0.3) is 0 Å². The molecule has 1 heterocycles. The zero-order valence-corrected chi connectivity index (χ0v) is 15.7. The van der Waals surface area contributed by atoms with Crippen LogP contribution < -0.4 is 0 Å². The van der Waals surface area contributed by atoms with Crippen LogP contribution in [0.3, 0.4) is 0 Å². The van der Waals surface area contributed by atoms with E-state index in [1.165, 1.54) is 0 Å². The zero-order valence-electron chi connectivity index (χ0n) is 15.7. The van der Waals surface area contributed by atoms with Crippen LogP contribution in [0.2, 0.25) is 0 Å². The molecule has 2 fully saturated rings. The van der Waals surface area contributed by atoms with E-state index in [1.807, 2.05) is 12.1 Å². The molecule has 0 spiro atoms. The quantitative estimate of drug-likeness (QED) is 0.393. The van der Waals surface area contributed by atoms with Crippen molar-refractivity contribution in [2.45, 2.75) is 64.1 Å². The van der Waals surface area contributed by atoms with Gasteiger partial charge in [-0.05, 0) is 24.1 Å². The highest BCUT2D eigenvalue weighted by molar-refractivity contribution is 5.89. The molecule has 1 saturated carbocycles. The van der Waals surface area contributed by atoms with Crippen molar-refractivity contribution in [1.29, 1.82) is 0 Å². The Balaban J connectivity index is 1.68. The number of benzene rings is 1. The molecule has 3 rings (SSSR count). The first-order valence-corrected chi connectivity index (χ1v) is 9.75. The Morgan fingerprint density at radius 1 is 1.22 bits per heavy atom. The van der Waals surface area contributed by atoms with E-state index in [0.717, 1.165) is 24.8 Å². The first-order chi connectivity index (χ1) is 13.1. The van der Waals surface area contributed by atoms with Crippen molar-refractivity contribution in [3.05, 3.63) is 47.5 Å². The van der Waals surface area contributed by atoms with Crippen molar-refractivity contribution in [3.8, 4) is 0 Å². The Labute approximate surface area is 159 Å². The third-order valence-electron chi connectivity index (χ3n) is 5.25.